The van der Waals surface area contributed by atoms with E-state index in [1.807, 2.05) is 0 Å². The Labute approximate surface area is 500 Å². The molecule has 22 heteroatoms. The lowest BCUT2D eigenvalue weighted by atomic mass is 9.95. The van der Waals surface area contributed by atoms with E-state index in [-0.39, 0.29) is 38.9 Å². The molecule has 19 nitrogen and oxygen atoms in total. The van der Waals surface area contributed by atoms with Crippen LogP contribution >= 0.6 is 34.8 Å². The first-order valence-electron chi connectivity index (χ1n) is 26.1. The van der Waals surface area contributed by atoms with E-state index < -0.39 is 126 Å². The SMILES string of the molecule is N=C(O[C@@H]1O[C@H](COC(=O)c2ccccc2)[C@@H](O[C@@H]2O[C@H](COC(=O)c3ccccc3)[C@H](OC(=O)c3ccccc3)[C@H](OC(=O)c3ccccc3)[C@H]2OC(=O)c2ccccc2)[C@H](OC(=O)c2ccccc2)[C@H]1OC(=O)c1ccccc1)C(Cl)(Cl)Cl. The van der Waals surface area contributed by atoms with Crippen molar-refractivity contribution in [1.29, 1.82) is 5.41 Å². The van der Waals surface area contributed by atoms with Crippen molar-refractivity contribution in [2.45, 2.75) is 65.2 Å². The first-order valence-corrected chi connectivity index (χ1v) is 27.3. The van der Waals surface area contributed by atoms with Gasteiger partial charge in [0.25, 0.3) is 3.79 Å². The summed E-state index contributed by atoms with van der Waals surface area (Å²) in [5.74, 6) is -8.13. The van der Waals surface area contributed by atoms with Gasteiger partial charge in [-0.2, -0.15) is 0 Å². The largest absolute Gasteiger partial charge is 0.459 e. The molecule has 9 rings (SSSR count). The van der Waals surface area contributed by atoms with Gasteiger partial charge >= 0.3 is 41.8 Å². The summed E-state index contributed by atoms with van der Waals surface area (Å²) in [6.45, 7) is -1.64. The maximum atomic E-state index is 14.6. The Morgan fingerprint density at radius 3 is 0.894 bits per heavy atom. The molecule has 0 amide bonds. The Morgan fingerprint density at radius 2 is 0.576 bits per heavy atom. The molecule has 2 saturated heterocycles. The second kappa shape index (κ2) is 28.6. The minimum Gasteiger partial charge on any atom is -0.459 e. The molecular weight excluding hydrogens is 1170 g/mol. The first-order chi connectivity index (χ1) is 41.1. The van der Waals surface area contributed by atoms with E-state index in [4.69, 9.17) is 92.3 Å². The zero-order valence-electron chi connectivity index (χ0n) is 44.4. The van der Waals surface area contributed by atoms with Crippen molar-refractivity contribution in [3.63, 3.8) is 0 Å². The average molecular weight is 1220 g/mol. The molecule has 0 spiro atoms. The van der Waals surface area contributed by atoms with Gasteiger partial charge < -0.3 is 52.1 Å². The summed E-state index contributed by atoms with van der Waals surface area (Å²) in [6.07, 6.45) is -19.8. The molecule has 2 heterocycles. The Hall–Kier alpha value is -8.95. The van der Waals surface area contributed by atoms with Gasteiger partial charge in [0, 0.05) is 0 Å². The number of ether oxygens (including phenoxy) is 11. The lowest BCUT2D eigenvalue weighted by Gasteiger charge is -2.48. The van der Waals surface area contributed by atoms with Gasteiger partial charge in [-0.25, -0.2) is 33.6 Å². The highest BCUT2D eigenvalue weighted by molar-refractivity contribution is 6.76. The van der Waals surface area contributed by atoms with E-state index >= 15 is 0 Å². The lowest BCUT2D eigenvalue weighted by Crippen LogP contribution is -2.67. The summed E-state index contributed by atoms with van der Waals surface area (Å²) >= 11 is 18.5. The molecule has 7 aromatic rings. The van der Waals surface area contributed by atoms with Crippen molar-refractivity contribution in [2.24, 2.45) is 0 Å². The fourth-order valence-corrected chi connectivity index (χ4v) is 8.99. The highest BCUT2D eigenvalue weighted by Gasteiger charge is 2.59. The minimum absolute atomic E-state index is 0.0119. The first kappa shape index (κ1) is 60.6. The molecule has 0 unspecified atom stereocenters. The summed E-state index contributed by atoms with van der Waals surface area (Å²) in [5.41, 5.74) is 0.00502. The molecule has 10 atom stereocenters. The van der Waals surface area contributed by atoms with E-state index in [0.29, 0.717) is 0 Å². The van der Waals surface area contributed by atoms with Gasteiger partial charge in [-0.15, -0.1) is 0 Å². The number of hydrogen-bond acceptors (Lipinski definition) is 19. The van der Waals surface area contributed by atoms with Crippen molar-refractivity contribution in [3.8, 4) is 0 Å². The third kappa shape index (κ3) is 15.8. The van der Waals surface area contributed by atoms with Crippen LogP contribution in [0.2, 0.25) is 0 Å². The fraction of sp³-hybridized carbons (Fsp3) is 0.206. The predicted octanol–water partition coefficient (Wildman–Crippen LogP) is 10.0. The zero-order chi connectivity index (χ0) is 59.9. The molecule has 0 radical (unpaired) electrons. The standard InChI is InChI=1S/C63H50Cl3NO18/c64-63(65,66)62(67)85-61-52(83-59(74)44-34-20-7-21-35-44)50(81-57(72)42-30-16-5-17-31-42)48(46(78-61)37-76-54(69)39-24-10-2-11-25-39)84-60-51(82-58(73)43-32-18-6-19-33-43)49(80-56(71)41-28-14-4-15-29-41)47(79-55(70)40-26-12-3-13-27-40)45(77-60)36-75-53(68)38-22-8-1-9-23-38/h1-35,45-52,60-61,67H,36-37H2/t45-,46-,47+,48-,49+,50+,51-,52-,60+,61+/m1/s1. The second-order valence-electron chi connectivity index (χ2n) is 18.7. The number of alkyl halides is 3. The Bertz CT molecular complexity index is 3420. The van der Waals surface area contributed by atoms with Crippen LogP contribution in [-0.2, 0) is 52.1 Å². The van der Waals surface area contributed by atoms with Crippen LogP contribution in [0.15, 0.2) is 212 Å². The molecule has 85 heavy (non-hydrogen) atoms. The van der Waals surface area contributed by atoms with Gasteiger partial charge in [0.1, 0.15) is 31.5 Å². The van der Waals surface area contributed by atoms with Gasteiger partial charge in [0.15, 0.2) is 30.7 Å². The van der Waals surface area contributed by atoms with E-state index in [1.165, 1.54) is 109 Å². The number of hydrogen-bond donors (Lipinski definition) is 1. The molecule has 2 aliphatic heterocycles. The summed E-state index contributed by atoms with van der Waals surface area (Å²) < 4.78 is 66.3. The minimum atomic E-state index is -2.59. The van der Waals surface area contributed by atoms with E-state index in [9.17, 15) is 33.6 Å². The Morgan fingerprint density at radius 1 is 0.329 bits per heavy atom. The number of nitrogens with one attached hydrogen (secondary N) is 1. The molecule has 0 bridgehead atoms. The Balaban J connectivity index is 1.22. The molecular formula is C63H50Cl3NO18. The maximum Gasteiger partial charge on any atom is 0.338 e. The van der Waals surface area contributed by atoms with Crippen molar-refractivity contribution in [2.75, 3.05) is 13.2 Å². The number of rotatable bonds is 19. The van der Waals surface area contributed by atoms with Crippen LogP contribution in [0.3, 0.4) is 0 Å². The van der Waals surface area contributed by atoms with Crippen molar-refractivity contribution in [1.82, 2.24) is 0 Å². The van der Waals surface area contributed by atoms with Crippen LogP contribution in [0.5, 0.6) is 0 Å². The van der Waals surface area contributed by atoms with Gasteiger partial charge in [-0.05, 0) is 84.9 Å². The van der Waals surface area contributed by atoms with Crippen LogP contribution in [0.25, 0.3) is 0 Å². The molecule has 2 fully saturated rings. The van der Waals surface area contributed by atoms with Crippen LogP contribution in [0.1, 0.15) is 72.5 Å². The number of carbonyl (C=O) groups is 7. The van der Waals surface area contributed by atoms with Crippen molar-refractivity contribution >= 4 is 82.5 Å². The normalized spacial score (nSPS) is 21.8. The molecule has 1 N–H and O–H groups in total. The smallest absolute Gasteiger partial charge is 0.338 e. The number of carbonyl (C=O) groups excluding carboxylic acids is 7. The van der Waals surface area contributed by atoms with E-state index in [2.05, 4.69) is 0 Å². The molecule has 2 aliphatic rings. The second-order valence-corrected chi connectivity index (χ2v) is 21.0. The van der Waals surface area contributed by atoms with Gasteiger partial charge in [0.05, 0.1) is 38.9 Å². The fourth-order valence-electron chi connectivity index (χ4n) is 8.85. The topological polar surface area (TPSA) is 245 Å². The lowest BCUT2D eigenvalue weighted by molar-refractivity contribution is -0.350. The third-order valence-electron chi connectivity index (χ3n) is 13.0. The highest BCUT2D eigenvalue weighted by atomic mass is 35.6. The summed E-state index contributed by atoms with van der Waals surface area (Å²) in [6, 6.07) is 53.3. The predicted molar refractivity (Wildman–Crippen MR) is 303 cm³/mol. The van der Waals surface area contributed by atoms with Gasteiger partial charge in [0.2, 0.25) is 18.3 Å². The van der Waals surface area contributed by atoms with E-state index in [0.717, 1.165) is 0 Å². The summed E-state index contributed by atoms with van der Waals surface area (Å²) in [4.78, 5) is 100. The van der Waals surface area contributed by atoms with Gasteiger partial charge in [-0.3, -0.25) is 5.41 Å². The zero-order valence-corrected chi connectivity index (χ0v) is 46.6. The number of esters is 7. The highest BCUT2D eigenvalue weighted by Crippen LogP contribution is 2.38. The van der Waals surface area contributed by atoms with Crippen molar-refractivity contribution in [3.05, 3.63) is 251 Å². The number of benzene rings is 7. The third-order valence-corrected chi connectivity index (χ3v) is 13.5. The Kier molecular flexibility index (Phi) is 20.4. The van der Waals surface area contributed by atoms with Crippen LogP contribution in [0.4, 0.5) is 0 Å². The van der Waals surface area contributed by atoms with Crippen LogP contribution < -0.4 is 0 Å². The van der Waals surface area contributed by atoms with Crippen molar-refractivity contribution < 1.29 is 85.7 Å². The maximum absolute atomic E-state index is 14.6. The average Bonchev–Trinajstić information content (AvgIpc) is 1.60. The van der Waals surface area contributed by atoms with Gasteiger partial charge in [-0.1, -0.05) is 162 Å². The summed E-state index contributed by atoms with van der Waals surface area (Å²) in [5, 5.41) is 8.69. The quantitative estimate of drug-likeness (QED) is 0.0260. The van der Waals surface area contributed by atoms with E-state index in [1.54, 1.807) is 103 Å². The monoisotopic (exact) mass is 1210 g/mol. The molecule has 0 aliphatic carbocycles. The molecule has 7 aromatic carbocycles. The van der Waals surface area contributed by atoms with Crippen LogP contribution in [0, 0.1) is 5.41 Å². The molecule has 0 saturated carbocycles. The van der Waals surface area contributed by atoms with Crippen LogP contribution in [-0.4, -0.2) is 126 Å². The molecule has 0 aromatic heterocycles. The summed E-state index contributed by atoms with van der Waals surface area (Å²) in [7, 11) is 0. The molecule has 436 valence electrons. The number of halogens is 3.